The van der Waals surface area contributed by atoms with E-state index in [2.05, 4.69) is 4.98 Å². The Hall–Kier alpha value is -1.12. The van der Waals surface area contributed by atoms with E-state index in [1.807, 2.05) is 31.2 Å². The summed E-state index contributed by atoms with van der Waals surface area (Å²) in [5.74, 6) is 0. The van der Waals surface area contributed by atoms with Crippen molar-refractivity contribution in [3.8, 4) is 0 Å². The zero-order valence-corrected chi connectivity index (χ0v) is 8.54. The number of fused-ring (bicyclic) bond motifs is 1. The van der Waals surface area contributed by atoms with E-state index in [0.29, 0.717) is 10.7 Å². The van der Waals surface area contributed by atoms with Gasteiger partial charge in [-0.2, -0.15) is 0 Å². The molecular weight excluding hydrogens is 198 g/mol. The zero-order valence-electron chi connectivity index (χ0n) is 7.79. The van der Waals surface area contributed by atoms with Crippen molar-refractivity contribution in [2.24, 2.45) is 0 Å². The molecule has 0 amide bonds. The van der Waals surface area contributed by atoms with Crippen LogP contribution in [0.4, 0.5) is 0 Å². The van der Waals surface area contributed by atoms with Crippen molar-refractivity contribution in [1.82, 2.24) is 4.98 Å². The molecule has 14 heavy (non-hydrogen) atoms. The number of hydrogen-bond acceptors (Lipinski definition) is 2. The summed E-state index contributed by atoms with van der Waals surface area (Å²) in [4.78, 5) is 4.21. The molecule has 1 aromatic heterocycles. The average Bonchev–Trinajstić information content (AvgIpc) is 2.16. The Morgan fingerprint density at radius 3 is 2.86 bits per heavy atom. The summed E-state index contributed by atoms with van der Waals surface area (Å²) in [6.07, 6.45) is 0. The van der Waals surface area contributed by atoms with Crippen LogP contribution in [0.15, 0.2) is 24.3 Å². The molecule has 0 aliphatic rings. The number of nitrogens with zero attached hydrogens (tertiary/aromatic N) is 1. The maximum absolute atomic E-state index is 9.01. The Bertz CT molecular complexity index is 482. The third-order valence-electron chi connectivity index (χ3n) is 2.17. The van der Waals surface area contributed by atoms with E-state index in [0.717, 1.165) is 16.5 Å². The number of halogens is 1. The molecule has 0 aliphatic heterocycles. The van der Waals surface area contributed by atoms with E-state index < -0.39 is 0 Å². The van der Waals surface area contributed by atoms with E-state index in [4.69, 9.17) is 16.7 Å². The lowest BCUT2D eigenvalue weighted by Gasteiger charge is -2.03. The standard InChI is InChI=1S/C11H10ClNO/c1-7-2-3-8-5-9(6-14)11(12)13-10(8)4-7/h2-5,14H,6H2,1H3. The van der Waals surface area contributed by atoms with E-state index in [1.165, 1.54) is 0 Å². The molecule has 0 aliphatic carbocycles. The van der Waals surface area contributed by atoms with Gasteiger partial charge in [0.25, 0.3) is 0 Å². The Labute approximate surface area is 87.2 Å². The summed E-state index contributed by atoms with van der Waals surface area (Å²) in [7, 11) is 0. The Morgan fingerprint density at radius 1 is 1.36 bits per heavy atom. The summed E-state index contributed by atoms with van der Waals surface area (Å²) >= 11 is 5.88. The molecule has 1 heterocycles. The number of hydrogen-bond donors (Lipinski definition) is 1. The zero-order chi connectivity index (χ0) is 10.1. The van der Waals surface area contributed by atoms with E-state index >= 15 is 0 Å². The van der Waals surface area contributed by atoms with Gasteiger partial charge in [-0.05, 0) is 24.6 Å². The second-order valence-electron chi connectivity index (χ2n) is 3.29. The first-order valence-electron chi connectivity index (χ1n) is 4.37. The molecule has 1 N–H and O–H groups in total. The molecular formula is C11H10ClNO. The first-order valence-corrected chi connectivity index (χ1v) is 4.75. The molecule has 1 aromatic carbocycles. The largest absolute Gasteiger partial charge is 0.392 e. The lowest BCUT2D eigenvalue weighted by atomic mass is 10.1. The van der Waals surface area contributed by atoms with Crippen LogP contribution in [0, 0.1) is 6.92 Å². The van der Waals surface area contributed by atoms with Gasteiger partial charge in [-0.15, -0.1) is 0 Å². The molecule has 0 saturated heterocycles. The van der Waals surface area contributed by atoms with Crippen LogP contribution in [0.25, 0.3) is 10.9 Å². The van der Waals surface area contributed by atoms with Crippen LogP contribution in [0.2, 0.25) is 5.15 Å². The van der Waals surface area contributed by atoms with Crippen molar-refractivity contribution in [3.63, 3.8) is 0 Å². The van der Waals surface area contributed by atoms with E-state index in [-0.39, 0.29) is 6.61 Å². The predicted molar refractivity (Wildman–Crippen MR) is 57.4 cm³/mol. The van der Waals surface area contributed by atoms with Crippen molar-refractivity contribution in [2.45, 2.75) is 13.5 Å². The van der Waals surface area contributed by atoms with Gasteiger partial charge in [0.2, 0.25) is 0 Å². The SMILES string of the molecule is Cc1ccc2cc(CO)c(Cl)nc2c1. The monoisotopic (exact) mass is 207 g/mol. The highest BCUT2D eigenvalue weighted by atomic mass is 35.5. The number of aliphatic hydroxyl groups is 1. The second kappa shape index (κ2) is 3.56. The Balaban J connectivity index is 2.73. The third-order valence-corrected chi connectivity index (χ3v) is 2.50. The average molecular weight is 208 g/mol. The number of rotatable bonds is 1. The van der Waals surface area contributed by atoms with Crippen molar-refractivity contribution >= 4 is 22.5 Å². The molecule has 0 bridgehead atoms. The molecule has 0 unspecified atom stereocenters. The summed E-state index contributed by atoms with van der Waals surface area (Å²) in [6, 6.07) is 7.83. The molecule has 0 atom stereocenters. The van der Waals surface area contributed by atoms with Crippen LogP contribution >= 0.6 is 11.6 Å². The fourth-order valence-corrected chi connectivity index (χ4v) is 1.61. The fraction of sp³-hybridized carbons (Fsp3) is 0.182. The van der Waals surface area contributed by atoms with Crippen molar-refractivity contribution in [2.75, 3.05) is 0 Å². The first kappa shape index (κ1) is 9.44. The lowest BCUT2D eigenvalue weighted by molar-refractivity contribution is 0.281. The van der Waals surface area contributed by atoms with Crippen LogP contribution < -0.4 is 0 Å². The van der Waals surface area contributed by atoms with Crippen LogP contribution in [-0.2, 0) is 6.61 Å². The van der Waals surface area contributed by atoms with E-state index in [1.54, 1.807) is 0 Å². The van der Waals surface area contributed by atoms with Gasteiger partial charge < -0.3 is 5.11 Å². The molecule has 0 fully saturated rings. The number of aliphatic hydroxyl groups excluding tert-OH is 1. The number of pyridine rings is 1. The van der Waals surface area contributed by atoms with Crippen molar-refractivity contribution < 1.29 is 5.11 Å². The van der Waals surface area contributed by atoms with Gasteiger partial charge >= 0.3 is 0 Å². The van der Waals surface area contributed by atoms with Crippen LogP contribution in [0.1, 0.15) is 11.1 Å². The first-order chi connectivity index (χ1) is 6.70. The van der Waals surface area contributed by atoms with Gasteiger partial charge in [-0.1, -0.05) is 23.7 Å². The molecule has 2 nitrogen and oxygen atoms in total. The van der Waals surface area contributed by atoms with Gasteiger partial charge in [0.15, 0.2) is 0 Å². The molecule has 0 spiro atoms. The number of aromatic nitrogens is 1. The molecule has 3 heteroatoms. The molecule has 0 saturated carbocycles. The molecule has 72 valence electrons. The van der Waals surface area contributed by atoms with Gasteiger partial charge in [0.1, 0.15) is 5.15 Å². The van der Waals surface area contributed by atoms with Crippen LogP contribution in [0.5, 0.6) is 0 Å². The summed E-state index contributed by atoms with van der Waals surface area (Å²) in [5, 5.41) is 10.4. The Morgan fingerprint density at radius 2 is 2.14 bits per heavy atom. The van der Waals surface area contributed by atoms with Gasteiger partial charge in [0, 0.05) is 10.9 Å². The number of benzene rings is 1. The highest BCUT2D eigenvalue weighted by Crippen LogP contribution is 2.21. The minimum atomic E-state index is -0.0738. The van der Waals surface area contributed by atoms with Crippen molar-refractivity contribution in [3.05, 3.63) is 40.5 Å². The normalized spacial score (nSPS) is 10.8. The maximum Gasteiger partial charge on any atom is 0.135 e. The second-order valence-corrected chi connectivity index (χ2v) is 3.65. The van der Waals surface area contributed by atoms with E-state index in [9.17, 15) is 0 Å². The predicted octanol–water partition coefficient (Wildman–Crippen LogP) is 2.69. The lowest BCUT2D eigenvalue weighted by Crippen LogP contribution is -1.90. The highest BCUT2D eigenvalue weighted by molar-refractivity contribution is 6.30. The number of aryl methyl sites for hydroxylation is 1. The summed E-state index contributed by atoms with van der Waals surface area (Å²) < 4.78 is 0. The topological polar surface area (TPSA) is 33.1 Å². The highest BCUT2D eigenvalue weighted by Gasteiger charge is 2.03. The Kier molecular flexibility index (Phi) is 2.40. The van der Waals surface area contributed by atoms with Crippen LogP contribution in [-0.4, -0.2) is 10.1 Å². The van der Waals surface area contributed by atoms with Gasteiger partial charge in [0.05, 0.1) is 12.1 Å². The van der Waals surface area contributed by atoms with Gasteiger partial charge in [-0.25, -0.2) is 4.98 Å². The minimum Gasteiger partial charge on any atom is -0.392 e. The molecule has 0 radical (unpaired) electrons. The molecule has 2 aromatic rings. The smallest absolute Gasteiger partial charge is 0.135 e. The minimum absolute atomic E-state index is 0.0738. The molecule has 2 rings (SSSR count). The van der Waals surface area contributed by atoms with Gasteiger partial charge in [-0.3, -0.25) is 0 Å². The summed E-state index contributed by atoms with van der Waals surface area (Å²) in [6.45, 7) is 1.94. The third kappa shape index (κ3) is 1.59. The maximum atomic E-state index is 9.01. The fourth-order valence-electron chi connectivity index (χ4n) is 1.41. The quantitative estimate of drug-likeness (QED) is 0.730. The van der Waals surface area contributed by atoms with Crippen LogP contribution in [0.3, 0.4) is 0 Å². The summed E-state index contributed by atoms with van der Waals surface area (Å²) in [5.41, 5.74) is 2.69. The van der Waals surface area contributed by atoms with Crippen molar-refractivity contribution in [1.29, 1.82) is 0 Å².